The molecule has 0 bridgehead atoms. The Morgan fingerprint density at radius 1 is 0.875 bits per heavy atom. The van der Waals surface area contributed by atoms with Crippen LogP contribution in [0.5, 0.6) is 0 Å². The van der Waals surface area contributed by atoms with Gasteiger partial charge in [0, 0.05) is 6.04 Å². The van der Waals surface area contributed by atoms with Crippen molar-refractivity contribution in [3.8, 4) is 0 Å². The smallest absolute Gasteiger partial charge is 0.00642 e. The molecule has 0 heterocycles. The van der Waals surface area contributed by atoms with Gasteiger partial charge in [0.15, 0.2) is 0 Å². The summed E-state index contributed by atoms with van der Waals surface area (Å²) in [7, 11) is 0. The van der Waals surface area contributed by atoms with Gasteiger partial charge in [0.25, 0.3) is 0 Å². The molecule has 2 unspecified atom stereocenters. The van der Waals surface area contributed by atoms with Crippen molar-refractivity contribution in [1.82, 2.24) is 5.32 Å². The van der Waals surface area contributed by atoms with E-state index >= 15 is 0 Å². The molecule has 1 nitrogen and oxygen atoms in total. The van der Waals surface area contributed by atoms with E-state index in [0.717, 1.165) is 11.8 Å². The van der Waals surface area contributed by atoms with Gasteiger partial charge in [-0.1, -0.05) is 59.8 Å². The van der Waals surface area contributed by atoms with E-state index < -0.39 is 0 Å². The van der Waals surface area contributed by atoms with Crippen molar-refractivity contribution in [3.05, 3.63) is 0 Å². The Balaban J connectivity index is 3.20. The zero-order chi connectivity index (χ0) is 12.4. The molecule has 0 radical (unpaired) electrons. The van der Waals surface area contributed by atoms with Crippen molar-refractivity contribution >= 4 is 0 Å². The van der Waals surface area contributed by atoms with E-state index in [1.54, 1.807) is 0 Å². The molecule has 98 valence electrons. The van der Waals surface area contributed by atoms with Crippen LogP contribution in [0.4, 0.5) is 0 Å². The van der Waals surface area contributed by atoms with Gasteiger partial charge < -0.3 is 5.32 Å². The summed E-state index contributed by atoms with van der Waals surface area (Å²) in [4.78, 5) is 0. The van der Waals surface area contributed by atoms with Crippen LogP contribution in [0.1, 0.15) is 73.1 Å². The van der Waals surface area contributed by atoms with E-state index in [1.165, 1.54) is 45.1 Å². The summed E-state index contributed by atoms with van der Waals surface area (Å²) >= 11 is 0. The summed E-state index contributed by atoms with van der Waals surface area (Å²) in [6.07, 6.45) is 8.25. The molecule has 1 N–H and O–H groups in total. The largest absolute Gasteiger partial charge is 0.314 e. The predicted octanol–water partition coefficient (Wildman–Crippen LogP) is 4.62. The molecule has 0 rings (SSSR count). The van der Waals surface area contributed by atoms with Gasteiger partial charge in [-0.3, -0.25) is 0 Å². The molecule has 0 amide bonds. The molecular weight excluding hydrogens is 194 g/mol. The molecule has 16 heavy (non-hydrogen) atoms. The van der Waals surface area contributed by atoms with Gasteiger partial charge in [0.05, 0.1) is 0 Å². The van der Waals surface area contributed by atoms with Crippen LogP contribution in [0.25, 0.3) is 0 Å². The molecule has 0 aromatic carbocycles. The highest BCUT2D eigenvalue weighted by Crippen LogP contribution is 2.10. The van der Waals surface area contributed by atoms with E-state index in [0.29, 0.717) is 6.04 Å². The highest BCUT2D eigenvalue weighted by molar-refractivity contribution is 4.66. The summed E-state index contributed by atoms with van der Waals surface area (Å²) in [6.45, 7) is 12.7. The minimum Gasteiger partial charge on any atom is -0.314 e. The Morgan fingerprint density at radius 3 is 2.06 bits per heavy atom. The standard InChI is InChI=1S/C15H33N/c1-6-14(4)15(5)16-12-10-8-7-9-11-13(2)3/h13-16H,6-12H2,1-5H3. The second-order valence-corrected chi connectivity index (χ2v) is 5.73. The van der Waals surface area contributed by atoms with E-state index in [4.69, 9.17) is 0 Å². The van der Waals surface area contributed by atoms with Crippen molar-refractivity contribution in [2.24, 2.45) is 11.8 Å². The molecule has 0 aliphatic heterocycles. The van der Waals surface area contributed by atoms with E-state index in [-0.39, 0.29) is 0 Å². The van der Waals surface area contributed by atoms with E-state index in [9.17, 15) is 0 Å². The highest BCUT2D eigenvalue weighted by atomic mass is 14.9. The maximum atomic E-state index is 3.63. The van der Waals surface area contributed by atoms with Gasteiger partial charge in [-0.15, -0.1) is 0 Å². The molecule has 0 aliphatic rings. The zero-order valence-electron chi connectivity index (χ0n) is 12.2. The van der Waals surface area contributed by atoms with Crippen LogP contribution in [-0.2, 0) is 0 Å². The number of unbranched alkanes of at least 4 members (excludes halogenated alkanes) is 3. The van der Waals surface area contributed by atoms with Gasteiger partial charge in [0.2, 0.25) is 0 Å². The van der Waals surface area contributed by atoms with Crippen LogP contribution in [0.3, 0.4) is 0 Å². The number of hydrogen-bond acceptors (Lipinski definition) is 1. The first-order chi connectivity index (χ1) is 7.57. The second kappa shape index (κ2) is 10.1. The van der Waals surface area contributed by atoms with Gasteiger partial charge >= 0.3 is 0 Å². The quantitative estimate of drug-likeness (QED) is 0.537. The maximum Gasteiger partial charge on any atom is 0.00642 e. The van der Waals surface area contributed by atoms with Crippen molar-refractivity contribution < 1.29 is 0 Å². The average molecular weight is 227 g/mol. The topological polar surface area (TPSA) is 12.0 Å². The molecule has 2 atom stereocenters. The van der Waals surface area contributed by atoms with Gasteiger partial charge in [-0.25, -0.2) is 0 Å². The molecular formula is C15H33N. The third kappa shape index (κ3) is 9.21. The normalized spacial score (nSPS) is 15.4. The minimum atomic E-state index is 0.681. The fourth-order valence-electron chi connectivity index (χ4n) is 1.92. The molecule has 0 aromatic rings. The fourth-order valence-corrected chi connectivity index (χ4v) is 1.92. The molecule has 1 heteroatoms. The van der Waals surface area contributed by atoms with Crippen LogP contribution in [0.15, 0.2) is 0 Å². The monoisotopic (exact) mass is 227 g/mol. The summed E-state index contributed by atoms with van der Waals surface area (Å²) in [6, 6.07) is 0.681. The van der Waals surface area contributed by atoms with Gasteiger partial charge in [-0.2, -0.15) is 0 Å². The average Bonchev–Trinajstić information content (AvgIpc) is 2.25. The van der Waals surface area contributed by atoms with Crippen molar-refractivity contribution in [3.63, 3.8) is 0 Å². The number of nitrogens with one attached hydrogen (secondary N) is 1. The van der Waals surface area contributed by atoms with Crippen molar-refractivity contribution in [1.29, 1.82) is 0 Å². The lowest BCUT2D eigenvalue weighted by atomic mass is 10.0. The van der Waals surface area contributed by atoms with Crippen LogP contribution in [-0.4, -0.2) is 12.6 Å². The Hall–Kier alpha value is -0.0400. The van der Waals surface area contributed by atoms with Crippen LogP contribution >= 0.6 is 0 Å². The Labute approximate surface area is 103 Å². The maximum absolute atomic E-state index is 3.63. The fraction of sp³-hybridized carbons (Fsp3) is 1.00. The molecule has 0 fully saturated rings. The summed E-state index contributed by atoms with van der Waals surface area (Å²) in [5.41, 5.74) is 0. The van der Waals surface area contributed by atoms with Crippen LogP contribution in [0, 0.1) is 11.8 Å². The number of rotatable bonds is 10. The van der Waals surface area contributed by atoms with Crippen LogP contribution in [0.2, 0.25) is 0 Å². The predicted molar refractivity (Wildman–Crippen MR) is 74.8 cm³/mol. The molecule has 0 aromatic heterocycles. The molecule has 0 saturated heterocycles. The first kappa shape index (κ1) is 16.0. The van der Waals surface area contributed by atoms with Gasteiger partial charge in [-0.05, 0) is 31.7 Å². The lowest BCUT2D eigenvalue weighted by molar-refractivity contribution is 0.385. The first-order valence-corrected chi connectivity index (χ1v) is 7.31. The zero-order valence-corrected chi connectivity index (χ0v) is 12.2. The third-order valence-electron chi connectivity index (χ3n) is 3.67. The Morgan fingerprint density at radius 2 is 1.50 bits per heavy atom. The Bertz CT molecular complexity index is 142. The van der Waals surface area contributed by atoms with Gasteiger partial charge in [0.1, 0.15) is 0 Å². The minimum absolute atomic E-state index is 0.681. The Kier molecular flexibility index (Phi) is 10.1. The summed E-state index contributed by atoms with van der Waals surface area (Å²) < 4.78 is 0. The molecule has 0 aliphatic carbocycles. The summed E-state index contributed by atoms with van der Waals surface area (Å²) in [5.74, 6) is 1.68. The SMILES string of the molecule is CCC(C)C(C)NCCCCCCC(C)C. The molecule has 0 spiro atoms. The highest BCUT2D eigenvalue weighted by Gasteiger charge is 2.07. The van der Waals surface area contributed by atoms with E-state index in [1.807, 2.05) is 0 Å². The van der Waals surface area contributed by atoms with Crippen molar-refractivity contribution in [2.75, 3.05) is 6.54 Å². The second-order valence-electron chi connectivity index (χ2n) is 5.73. The van der Waals surface area contributed by atoms with Crippen molar-refractivity contribution in [2.45, 2.75) is 79.2 Å². The van der Waals surface area contributed by atoms with E-state index in [2.05, 4.69) is 39.9 Å². The lowest BCUT2D eigenvalue weighted by Gasteiger charge is -2.19. The lowest BCUT2D eigenvalue weighted by Crippen LogP contribution is -2.32. The van der Waals surface area contributed by atoms with Crippen LogP contribution < -0.4 is 5.32 Å². The molecule has 0 saturated carbocycles. The first-order valence-electron chi connectivity index (χ1n) is 7.31. The number of hydrogen-bond donors (Lipinski definition) is 1. The third-order valence-corrected chi connectivity index (χ3v) is 3.67. The summed E-state index contributed by atoms with van der Waals surface area (Å²) in [5, 5.41) is 3.63.